The number of amides is 1. The van der Waals surface area contributed by atoms with Gasteiger partial charge in [0.15, 0.2) is 34.7 Å². The number of carbonyl (C=O) groups excluding carboxylic acids is 2. The Labute approximate surface area is 454 Å². The molecule has 2 fully saturated rings. The van der Waals surface area contributed by atoms with Crippen LogP contribution in [0.25, 0.3) is 11.2 Å². The van der Waals surface area contributed by atoms with Crippen molar-refractivity contribution in [3.05, 3.63) is 28.8 Å². The Morgan fingerprint density at radius 1 is 0.658 bits per heavy atom. The van der Waals surface area contributed by atoms with E-state index in [1.54, 1.807) is 18.4 Å². The summed E-state index contributed by atoms with van der Waals surface area (Å²) in [5.74, 6) is -0.243. The maximum Gasteiger partial charge on any atom is 0.306 e. The highest BCUT2D eigenvalue weighted by Gasteiger charge is 2.56. The topological polar surface area (TPSA) is 212 Å². The van der Waals surface area contributed by atoms with E-state index >= 15 is 0 Å². The summed E-state index contributed by atoms with van der Waals surface area (Å²) in [6.45, 7) is 11.8. The lowest BCUT2D eigenvalue weighted by molar-refractivity contribution is -0.202. The van der Waals surface area contributed by atoms with Gasteiger partial charge in [0.25, 0.3) is 5.56 Å². The Kier molecular flexibility index (Phi) is 29.3. The largest absolute Gasteiger partial charge is 0.489 e. The predicted octanol–water partition coefficient (Wildman–Crippen LogP) is 13.5. The summed E-state index contributed by atoms with van der Waals surface area (Å²) in [7, 11) is 0. The Balaban J connectivity index is 1.16. The average molecular weight is 1070 g/mol. The number of benzene rings is 1. The molecule has 2 aliphatic heterocycles. The second kappa shape index (κ2) is 35.7. The molecule has 5 N–H and O–H groups in total. The van der Waals surface area contributed by atoms with Crippen LogP contribution >= 0.6 is 0 Å². The number of carbonyl (C=O) groups is 2. The van der Waals surface area contributed by atoms with Gasteiger partial charge in [0, 0.05) is 18.6 Å². The van der Waals surface area contributed by atoms with Gasteiger partial charge < -0.3 is 38.9 Å². The zero-order valence-electron chi connectivity index (χ0n) is 47.5. The Bertz CT molecular complexity index is 2100. The number of hydrogen-bond acceptors (Lipinski definition) is 14. The van der Waals surface area contributed by atoms with Gasteiger partial charge in [-0.2, -0.15) is 4.98 Å². The van der Waals surface area contributed by atoms with Crippen LogP contribution in [0.15, 0.2) is 23.3 Å². The minimum Gasteiger partial charge on any atom is -0.489 e. The predicted molar refractivity (Wildman–Crippen MR) is 301 cm³/mol. The van der Waals surface area contributed by atoms with E-state index < -0.39 is 47.8 Å². The fourth-order valence-electron chi connectivity index (χ4n) is 10.1. The van der Waals surface area contributed by atoms with Crippen molar-refractivity contribution in [2.75, 3.05) is 37.6 Å². The minimum absolute atomic E-state index is 0.0675. The van der Waals surface area contributed by atoms with Crippen molar-refractivity contribution in [3.8, 4) is 17.2 Å². The molecule has 0 saturated carbocycles. The molecule has 3 aromatic rings. The number of aromatic amines is 1. The molecule has 5 rings (SSSR count). The summed E-state index contributed by atoms with van der Waals surface area (Å²) in [6, 6.07) is 3.72. The smallest absolute Gasteiger partial charge is 0.306 e. The molecule has 0 unspecified atom stereocenters. The molecule has 17 nitrogen and oxygen atoms in total. The number of anilines is 2. The van der Waals surface area contributed by atoms with E-state index in [4.69, 9.17) is 38.9 Å². The molecule has 4 heterocycles. The Morgan fingerprint density at radius 3 is 1.62 bits per heavy atom. The van der Waals surface area contributed by atoms with E-state index in [2.05, 4.69) is 46.6 Å². The minimum atomic E-state index is -0.954. The number of unbranched alkanes of at least 4 members (excludes halogenated alkanes) is 27. The second-order valence-electron chi connectivity index (χ2n) is 21.7. The maximum absolute atomic E-state index is 13.3. The summed E-state index contributed by atoms with van der Waals surface area (Å²) < 4.78 is 45.6. The van der Waals surface area contributed by atoms with Crippen LogP contribution in [0.2, 0.25) is 0 Å². The van der Waals surface area contributed by atoms with Gasteiger partial charge in [-0.1, -0.05) is 194 Å². The third-order valence-electron chi connectivity index (χ3n) is 14.4. The zero-order chi connectivity index (χ0) is 54.2. The highest BCUT2D eigenvalue weighted by Crippen LogP contribution is 2.44. The van der Waals surface area contributed by atoms with Crippen LogP contribution in [0, 0.1) is 0 Å². The number of hydrazine groups is 1. The summed E-state index contributed by atoms with van der Waals surface area (Å²) in [5, 5.41) is 0. The van der Waals surface area contributed by atoms with Crippen molar-refractivity contribution in [3.63, 3.8) is 0 Å². The van der Waals surface area contributed by atoms with Gasteiger partial charge in [0.05, 0.1) is 38.3 Å². The fourth-order valence-corrected chi connectivity index (χ4v) is 10.1. The van der Waals surface area contributed by atoms with E-state index in [0.717, 1.165) is 38.5 Å². The monoisotopic (exact) mass is 1070 g/mol. The lowest BCUT2D eigenvalue weighted by Gasteiger charge is -2.24. The normalized spacial score (nSPS) is 17.8. The lowest BCUT2D eigenvalue weighted by atomic mass is 10.1. The molecule has 0 aliphatic carbocycles. The Hall–Kier alpha value is -4.61. The number of aromatic nitrogens is 4. The first-order valence-corrected chi connectivity index (χ1v) is 30.0. The van der Waals surface area contributed by atoms with Crippen LogP contribution in [-0.4, -0.2) is 81.9 Å². The molecular weight excluding hydrogens is 967 g/mol. The van der Waals surface area contributed by atoms with Gasteiger partial charge in [-0.15, -0.1) is 0 Å². The van der Waals surface area contributed by atoms with Crippen LogP contribution < -0.4 is 36.4 Å². The van der Waals surface area contributed by atoms with Gasteiger partial charge in [-0.3, -0.25) is 34.8 Å². The number of fused-ring (bicyclic) bond motifs is 2. The molecular formula is C59H99N7O10. The number of hydrogen-bond donors (Lipinski definition) is 4. The summed E-state index contributed by atoms with van der Waals surface area (Å²) in [6.07, 6.45) is 35.4. The lowest BCUT2D eigenvalue weighted by Crippen LogP contribution is -2.34. The number of imidazole rings is 1. The molecule has 76 heavy (non-hydrogen) atoms. The van der Waals surface area contributed by atoms with E-state index in [-0.39, 0.29) is 36.6 Å². The first-order valence-electron chi connectivity index (χ1n) is 30.0. The van der Waals surface area contributed by atoms with E-state index in [1.165, 1.54) is 160 Å². The molecule has 2 saturated heterocycles. The van der Waals surface area contributed by atoms with Crippen LogP contribution in [0.3, 0.4) is 0 Å². The van der Waals surface area contributed by atoms with Gasteiger partial charge in [0.1, 0.15) is 24.9 Å². The number of esters is 1. The van der Waals surface area contributed by atoms with Crippen molar-refractivity contribution in [1.82, 2.24) is 24.9 Å². The number of rotatable bonds is 44. The molecule has 4 atom stereocenters. The third-order valence-corrected chi connectivity index (χ3v) is 14.4. The van der Waals surface area contributed by atoms with Crippen molar-refractivity contribution in [1.29, 1.82) is 0 Å². The highest BCUT2D eigenvalue weighted by molar-refractivity contribution is 5.82. The molecule has 2 aliphatic rings. The average Bonchev–Trinajstić information content (AvgIpc) is 4.10. The number of nitrogens with one attached hydrogen (secondary N) is 3. The summed E-state index contributed by atoms with van der Waals surface area (Å²) >= 11 is 0. The van der Waals surface area contributed by atoms with Gasteiger partial charge in [-0.25, -0.2) is 4.98 Å². The zero-order valence-corrected chi connectivity index (χ0v) is 47.5. The van der Waals surface area contributed by atoms with Crippen LogP contribution in [-0.2, 0) is 28.5 Å². The Morgan fingerprint density at radius 2 is 1.12 bits per heavy atom. The highest BCUT2D eigenvalue weighted by atomic mass is 16.8. The van der Waals surface area contributed by atoms with E-state index in [9.17, 15) is 14.4 Å². The third kappa shape index (κ3) is 22.4. The molecule has 17 heteroatoms. The van der Waals surface area contributed by atoms with Crippen LogP contribution in [0.4, 0.5) is 11.6 Å². The fraction of sp³-hybridized carbons (Fsp3) is 0.780. The van der Waals surface area contributed by atoms with E-state index in [0.29, 0.717) is 42.8 Å². The van der Waals surface area contributed by atoms with Gasteiger partial charge in [0.2, 0.25) is 17.6 Å². The molecule has 1 amide bonds. The van der Waals surface area contributed by atoms with Gasteiger partial charge in [-0.05, 0) is 33.1 Å². The van der Waals surface area contributed by atoms with Crippen LogP contribution in [0.5, 0.6) is 17.2 Å². The molecule has 1 aromatic carbocycles. The van der Waals surface area contributed by atoms with Crippen molar-refractivity contribution >= 4 is 34.7 Å². The number of ether oxygens (including phenoxy) is 7. The van der Waals surface area contributed by atoms with E-state index in [1.807, 2.05) is 12.1 Å². The molecule has 2 aromatic heterocycles. The molecule has 0 bridgehead atoms. The molecule has 430 valence electrons. The number of nitrogen functional groups attached to an aromatic ring is 1. The first-order chi connectivity index (χ1) is 37.0. The summed E-state index contributed by atoms with van der Waals surface area (Å²) in [5.41, 5.74) is 12.1. The molecule has 0 radical (unpaired) electrons. The van der Waals surface area contributed by atoms with Gasteiger partial charge >= 0.3 is 5.97 Å². The SMILES string of the molecule is CCCCCCCCCCCCOc1cc(NNC(=O)CCC(=O)OC[C@H]2O[C@@H](n3cnc4c(=O)[nH]c(N)nc43)[C@@H]3OC(C)(C)O[C@@H]32)cc(OCCCCCCCCCCCC)c1OCCCCCCCCCCCC. The first kappa shape index (κ1) is 62.2. The number of H-pyrrole nitrogens is 1. The molecule has 0 spiro atoms. The second-order valence-corrected chi connectivity index (χ2v) is 21.7. The van der Waals surface area contributed by atoms with Crippen molar-refractivity contribution in [2.24, 2.45) is 0 Å². The van der Waals surface area contributed by atoms with Crippen molar-refractivity contribution < 1.29 is 42.7 Å². The quantitative estimate of drug-likeness (QED) is 0.0236. The van der Waals surface area contributed by atoms with Crippen molar-refractivity contribution in [2.45, 2.75) is 270 Å². The maximum atomic E-state index is 13.3. The number of nitrogens with zero attached hydrogens (tertiary/aromatic N) is 3. The summed E-state index contributed by atoms with van der Waals surface area (Å²) in [4.78, 5) is 49.9. The number of nitrogens with two attached hydrogens (primary N) is 1. The standard InChI is InChI=1S/C59H99N7O10/c1-6-9-12-15-18-21-24-27-30-33-38-70-46-41-45(42-47(71-39-34-31-28-25-22-19-16-13-10-7-2)52(46)72-40-35-32-29-26-23-20-17-14-11-8-3)64-65-49(67)36-37-50(68)73-43-48-53-54(76-59(4,5)75-53)57(74-48)66-44-61-51-55(66)62-58(60)63-56(51)69/h41-42,44,48,53-54,57,64H,6-40,43H2,1-5H3,(H,65,67)(H3,60,62,63,69)/t48-,53-,54-,57-/m1/s1. The van der Waals surface area contributed by atoms with Crippen LogP contribution in [0.1, 0.15) is 246 Å².